The van der Waals surface area contributed by atoms with Gasteiger partial charge in [-0.3, -0.25) is 19.7 Å². The quantitative estimate of drug-likeness (QED) is 0.710. The zero-order valence-corrected chi connectivity index (χ0v) is 13.8. The molecular formula is C17H19N3O5. The van der Waals surface area contributed by atoms with Gasteiger partial charge in [-0.25, -0.2) is 0 Å². The standard InChI is InChI=1S/C17H19N3O5/c1-19-7-10(8-21)25-14-4-9-6-20(17(24)11(9)5-13(14)19)12-2-3-15(22)18-16(12)23/h4-5,10,12,21H,2-3,6-8H2,1H3,(H,18,22,23). The summed E-state index contributed by atoms with van der Waals surface area (Å²) in [6.07, 6.45) is 0.267. The number of ether oxygens (including phenoxy) is 1. The van der Waals surface area contributed by atoms with E-state index < -0.39 is 11.9 Å². The van der Waals surface area contributed by atoms with Crippen molar-refractivity contribution in [1.82, 2.24) is 10.2 Å². The molecule has 8 nitrogen and oxygen atoms in total. The monoisotopic (exact) mass is 345 g/mol. The van der Waals surface area contributed by atoms with E-state index in [-0.39, 0.29) is 30.9 Å². The third kappa shape index (κ3) is 2.53. The van der Waals surface area contributed by atoms with Crippen LogP contribution in [0.5, 0.6) is 5.75 Å². The second-order valence-electron chi connectivity index (χ2n) is 6.68. The molecule has 0 radical (unpaired) electrons. The van der Waals surface area contributed by atoms with Gasteiger partial charge in [0, 0.05) is 25.6 Å². The summed E-state index contributed by atoms with van der Waals surface area (Å²) < 4.78 is 5.78. The summed E-state index contributed by atoms with van der Waals surface area (Å²) in [4.78, 5) is 39.7. The molecule has 25 heavy (non-hydrogen) atoms. The first-order valence-electron chi connectivity index (χ1n) is 8.28. The predicted octanol–water partition coefficient (Wildman–Crippen LogP) is -0.363. The van der Waals surface area contributed by atoms with Gasteiger partial charge < -0.3 is 19.6 Å². The van der Waals surface area contributed by atoms with Gasteiger partial charge in [0.1, 0.15) is 17.9 Å². The molecule has 3 aliphatic rings. The maximum Gasteiger partial charge on any atom is 0.255 e. The van der Waals surface area contributed by atoms with Gasteiger partial charge in [0.25, 0.3) is 5.91 Å². The van der Waals surface area contributed by atoms with Crippen molar-refractivity contribution < 1.29 is 24.2 Å². The molecule has 2 unspecified atom stereocenters. The number of carbonyl (C=O) groups excluding carboxylic acids is 3. The van der Waals surface area contributed by atoms with Crippen molar-refractivity contribution in [1.29, 1.82) is 0 Å². The van der Waals surface area contributed by atoms with Crippen molar-refractivity contribution in [2.45, 2.75) is 31.5 Å². The van der Waals surface area contributed by atoms with Crippen LogP contribution < -0.4 is 15.0 Å². The number of hydrogen-bond donors (Lipinski definition) is 2. The number of rotatable bonds is 2. The minimum Gasteiger partial charge on any atom is -0.484 e. The third-order valence-electron chi connectivity index (χ3n) is 4.99. The number of anilines is 1. The van der Waals surface area contributed by atoms with Crippen molar-refractivity contribution in [3.63, 3.8) is 0 Å². The number of fused-ring (bicyclic) bond motifs is 2. The normalized spacial score (nSPS) is 25.4. The van der Waals surface area contributed by atoms with Crippen molar-refractivity contribution in [2.24, 2.45) is 0 Å². The number of hydrogen-bond acceptors (Lipinski definition) is 6. The molecule has 1 fully saturated rings. The Morgan fingerprint density at radius 1 is 1.32 bits per heavy atom. The smallest absolute Gasteiger partial charge is 0.255 e. The molecule has 1 aromatic rings. The zero-order valence-electron chi connectivity index (χ0n) is 13.8. The molecule has 3 heterocycles. The SMILES string of the molecule is CN1CC(CO)Oc2cc3c(cc21)C(=O)N(C1CCC(=O)NC1=O)C3. The Balaban J connectivity index is 1.64. The van der Waals surface area contributed by atoms with Gasteiger partial charge in [-0.05, 0) is 24.1 Å². The van der Waals surface area contributed by atoms with Crippen molar-refractivity contribution in [3.8, 4) is 5.75 Å². The number of carbonyl (C=O) groups is 3. The number of nitrogens with one attached hydrogen (secondary N) is 1. The van der Waals surface area contributed by atoms with E-state index in [2.05, 4.69) is 5.32 Å². The molecule has 0 spiro atoms. The molecule has 132 valence electrons. The first kappa shape index (κ1) is 15.9. The number of amides is 3. The highest BCUT2D eigenvalue weighted by atomic mass is 16.5. The summed E-state index contributed by atoms with van der Waals surface area (Å²) in [6.45, 7) is 0.764. The van der Waals surface area contributed by atoms with Crippen molar-refractivity contribution >= 4 is 23.4 Å². The van der Waals surface area contributed by atoms with E-state index >= 15 is 0 Å². The van der Waals surface area contributed by atoms with Crippen LogP contribution in [0, 0.1) is 0 Å². The highest BCUT2D eigenvalue weighted by molar-refractivity contribution is 6.06. The molecule has 8 heteroatoms. The lowest BCUT2D eigenvalue weighted by Crippen LogP contribution is -2.52. The fraction of sp³-hybridized carbons (Fsp3) is 0.471. The minimum atomic E-state index is -0.626. The molecular weight excluding hydrogens is 326 g/mol. The van der Waals surface area contributed by atoms with Gasteiger partial charge in [0.05, 0.1) is 18.8 Å². The maximum atomic E-state index is 12.8. The summed E-state index contributed by atoms with van der Waals surface area (Å²) >= 11 is 0. The van der Waals surface area contributed by atoms with E-state index in [1.807, 2.05) is 18.0 Å². The topological polar surface area (TPSA) is 99.2 Å². The summed E-state index contributed by atoms with van der Waals surface area (Å²) in [7, 11) is 1.88. The Morgan fingerprint density at radius 3 is 2.84 bits per heavy atom. The molecule has 1 aromatic carbocycles. The van der Waals surface area contributed by atoms with Crippen LogP contribution in [0.25, 0.3) is 0 Å². The highest BCUT2D eigenvalue weighted by Crippen LogP contribution is 2.39. The Bertz CT molecular complexity index is 778. The van der Waals surface area contributed by atoms with Crippen LogP contribution in [0.15, 0.2) is 12.1 Å². The van der Waals surface area contributed by atoms with Crippen LogP contribution in [0.2, 0.25) is 0 Å². The Kier molecular flexibility index (Phi) is 3.64. The molecule has 2 N–H and O–H groups in total. The predicted molar refractivity (Wildman–Crippen MR) is 87.3 cm³/mol. The largest absolute Gasteiger partial charge is 0.484 e. The first-order chi connectivity index (χ1) is 12.0. The van der Waals surface area contributed by atoms with Crippen LogP contribution in [0.3, 0.4) is 0 Å². The maximum absolute atomic E-state index is 12.8. The number of imide groups is 1. The fourth-order valence-corrected chi connectivity index (χ4v) is 3.69. The number of nitrogens with zero attached hydrogens (tertiary/aromatic N) is 2. The van der Waals surface area contributed by atoms with Gasteiger partial charge in [-0.1, -0.05) is 0 Å². The van der Waals surface area contributed by atoms with Gasteiger partial charge in [-0.2, -0.15) is 0 Å². The first-order valence-corrected chi connectivity index (χ1v) is 8.28. The minimum absolute atomic E-state index is 0.0812. The summed E-state index contributed by atoms with van der Waals surface area (Å²) in [5, 5.41) is 11.6. The molecule has 2 atom stereocenters. The molecule has 0 aromatic heterocycles. The Hall–Kier alpha value is -2.61. The average molecular weight is 345 g/mol. The van der Waals surface area contributed by atoms with E-state index in [1.54, 1.807) is 6.07 Å². The van der Waals surface area contributed by atoms with Crippen LogP contribution in [0.1, 0.15) is 28.8 Å². The molecule has 0 saturated carbocycles. The van der Waals surface area contributed by atoms with E-state index in [0.29, 0.717) is 30.8 Å². The summed E-state index contributed by atoms with van der Waals surface area (Å²) in [6, 6.07) is 2.97. The van der Waals surface area contributed by atoms with Gasteiger partial charge in [-0.15, -0.1) is 0 Å². The molecule has 3 aliphatic heterocycles. The number of benzene rings is 1. The zero-order chi connectivity index (χ0) is 17.7. The lowest BCUT2D eigenvalue weighted by Gasteiger charge is -2.33. The van der Waals surface area contributed by atoms with E-state index in [0.717, 1.165) is 11.3 Å². The van der Waals surface area contributed by atoms with Gasteiger partial charge in [0.15, 0.2) is 0 Å². The molecule has 0 bridgehead atoms. The number of piperidine rings is 1. The molecule has 1 saturated heterocycles. The average Bonchev–Trinajstić information content (AvgIpc) is 2.89. The Labute approximate surface area is 144 Å². The summed E-state index contributed by atoms with van der Waals surface area (Å²) in [5.74, 6) is -0.295. The van der Waals surface area contributed by atoms with Crippen molar-refractivity contribution in [2.75, 3.05) is 25.1 Å². The Morgan fingerprint density at radius 2 is 2.12 bits per heavy atom. The van der Waals surface area contributed by atoms with Crippen LogP contribution in [0.4, 0.5) is 5.69 Å². The number of likely N-dealkylation sites (N-methyl/N-ethyl adjacent to an activating group) is 1. The second-order valence-corrected chi connectivity index (χ2v) is 6.68. The van der Waals surface area contributed by atoms with Crippen LogP contribution >= 0.6 is 0 Å². The van der Waals surface area contributed by atoms with Gasteiger partial charge in [0.2, 0.25) is 11.8 Å². The summed E-state index contributed by atoms with van der Waals surface area (Å²) in [5.41, 5.74) is 2.14. The van der Waals surface area contributed by atoms with E-state index in [1.165, 1.54) is 4.90 Å². The molecule has 0 aliphatic carbocycles. The fourth-order valence-electron chi connectivity index (χ4n) is 3.69. The lowest BCUT2D eigenvalue weighted by atomic mass is 10.0. The highest BCUT2D eigenvalue weighted by Gasteiger charge is 2.40. The van der Waals surface area contributed by atoms with Crippen molar-refractivity contribution in [3.05, 3.63) is 23.3 Å². The van der Waals surface area contributed by atoms with E-state index in [9.17, 15) is 19.5 Å². The van der Waals surface area contributed by atoms with E-state index in [4.69, 9.17) is 4.74 Å². The number of aliphatic hydroxyl groups excluding tert-OH is 1. The molecule has 3 amide bonds. The van der Waals surface area contributed by atoms with Crippen LogP contribution in [-0.4, -0.2) is 60.1 Å². The number of aliphatic hydroxyl groups is 1. The van der Waals surface area contributed by atoms with Gasteiger partial charge >= 0.3 is 0 Å². The molecule has 4 rings (SSSR count). The lowest BCUT2D eigenvalue weighted by molar-refractivity contribution is -0.136. The van der Waals surface area contributed by atoms with Crippen LogP contribution in [-0.2, 0) is 16.1 Å². The third-order valence-corrected chi connectivity index (χ3v) is 4.99. The second kappa shape index (κ2) is 5.73.